The van der Waals surface area contributed by atoms with Crippen molar-refractivity contribution < 1.29 is 14.0 Å². The van der Waals surface area contributed by atoms with Crippen LogP contribution in [-0.4, -0.2) is 17.6 Å². The van der Waals surface area contributed by atoms with Crippen LogP contribution >= 0.6 is 23.1 Å². The lowest BCUT2D eigenvalue weighted by Gasteiger charge is -2.24. The van der Waals surface area contributed by atoms with Gasteiger partial charge in [0.15, 0.2) is 0 Å². The van der Waals surface area contributed by atoms with Crippen LogP contribution in [0.4, 0.5) is 15.8 Å². The third kappa shape index (κ3) is 4.10. The number of nitrogens with one attached hydrogen (secondary N) is 1. The number of anilines is 2. The van der Waals surface area contributed by atoms with Gasteiger partial charge in [0.1, 0.15) is 11.2 Å². The van der Waals surface area contributed by atoms with Gasteiger partial charge in [0.2, 0.25) is 11.8 Å². The molecule has 1 saturated heterocycles. The van der Waals surface area contributed by atoms with Crippen LogP contribution in [0.15, 0.2) is 66.0 Å². The highest BCUT2D eigenvalue weighted by Crippen LogP contribution is 2.42. The Hall–Kier alpha value is -2.64. The van der Waals surface area contributed by atoms with Crippen molar-refractivity contribution in [3.8, 4) is 0 Å². The Morgan fingerprint density at radius 2 is 2.00 bits per heavy atom. The normalized spacial score (nSPS) is 16.4. The highest BCUT2D eigenvalue weighted by atomic mass is 32.2. The fourth-order valence-electron chi connectivity index (χ4n) is 3.12. The number of carbonyl (C=O) groups excluding carboxylic acids is 2. The number of thiophene rings is 1. The fraction of sp³-hybridized carbons (Fsp3) is 0.143. The molecule has 0 saturated carbocycles. The molecule has 7 heteroatoms. The molecule has 0 bridgehead atoms. The fourth-order valence-corrected chi connectivity index (χ4v) is 4.99. The third-order valence-corrected chi connectivity index (χ3v) is 6.41. The monoisotopic (exact) mass is 412 g/mol. The molecule has 1 atom stereocenters. The van der Waals surface area contributed by atoms with Gasteiger partial charge in [-0.15, -0.1) is 23.1 Å². The van der Waals surface area contributed by atoms with E-state index in [1.165, 1.54) is 23.9 Å². The molecule has 2 aromatic carbocycles. The predicted octanol–water partition coefficient (Wildman–Crippen LogP) is 4.85. The van der Waals surface area contributed by atoms with Gasteiger partial charge in [-0.25, -0.2) is 4.39 Å². The van der Waals surface area contributed by atoms with Gasteiger partial charge in [0, 0.05) is 16.3 Å². The molecule has 4 nitrogen and oxygen atoms in total. The van der Waals surface area contributed by atoms with Gasteiger partial charge < -0.3 is 5.32 Å². The average Bonchev–Trinajstić information content (AvgIpc) is 3.31. The molecule has 1 unspecified atom stereocenters. The molecule has 4 rings (SSSR count). The number of hydrogen-bond donors (Lipinski definition) is 1. The maximum absolute atomic E-state index is 13.6. The third-order valence-electron chi connectivity index (χ3n) is 4.32. The van der Waals surface area contributed by atoms with Gasteiger partial charge in [0.05, 0.1) is 12.2 Å². The minimum atomic E-state index is -0.379. The van der Waals surface area contributed by atoms with Crippen molar-refractivity contribution in [2.75, 3.05) is 16.0 Å². The molecule has 1 N–H and O–H groups in total. The Bertz CT molecular complexity index is 1010. The average molecular weight is 413 g/mol. The van der Waals surface area contributed by atoms with Gasteiger partial charge >= 0.3 is 0 Å². The second kappa shape index (κ2) is 8.16. The first kappa shape index (κ1) is 18.7. The summed E-state index contributed by atoms with van der Waals surface area (Å²) in [5, 5.41) is 4.60. The van der Waals surface area contributed by atoms with E-state index in [0.29, 0.717) is 23.5 Å². The number of nitrogens with zero attached hydrogens (tertiary/aromatic N) is 1. The molecular weight excluding hydrogens is 395 g/mol. The SMILES string of the molecule is O=C(Cc1cccs1)Nc1cccc(C2SCC(=O)N2c2cccc(F)c2)c1. The number of amides is 2. The Labute approximate surface area is 170 Å². The van der Waals surface area contributed by atoms with E-state index >= 15 is 0 Å². The Balaban J connectivity index is 1.54. The maximum Gasteiger partial charge on any atom is 0.238 e. The number of halogens is 1. The smallest absolute Gasteiger partial charge is 0.238 e. The summed E-state index contributed by atoms with van der Waals surface area (Å²) in [7, 11) is 0. The van der Waals surface area contributed by atoms with Crippen LogP contribution in [0, 0.1) is 5.82 Å². The number of thioether (sulfide) groups is 1. The van der Waals surface area contributed by atoms with E-state index in [1.54, 1.807) is 28.4 Å². The van der Waals surface area contributed by atoms with E-state index in [-0.39, 0.29) is 23.0 Å². The highest BCUT2D eigenvalue weighted by Gasteiger charge is 2.34. The summed E-state index contributed by atoms with van der Waals surface area (Å²) < 4.78 is 13.6. The van der Waals surface area contributed by atoms with Crippen LogP contribution in [0.2, 0.25) is 0 Å². The second-order valence-electron chi connectivity index (χ2n) is 6.34. The van der Waals surface area contributed by atoms with Gasteiger partial charge in [-0.2, -0.15) is 0 Å². The quantitative estimate of drug-likeness (QED) is 0.652. The van der Waals surface area contributed by atoms with Crippen LogP contribution in [0.3, 0.4) is 0 Å². The topological polar surface area (TPSA) is 49.4 Å². The molecule has 1 aliphatic rings. The molecule has 0 radical (unpaired) electrons. The van der Waals surface area contributed by atoms with E-state index in [1.807, 2.05) is 41.8 Å². The zero-order chi connectivity index (χ0) is 19.5. The maximum atomic E-state index is 13.6. The van der Waals surface area contributed by atoms with Gasteiger partial charge in [-0.05, 0) is 47.3 Å². The highest BCUT2D eigenvalue weighted by molar-refractivity contribution is 8.00. The minimum absolute atomic E-state index is 0.0623. The van der Waals surface area contributed by atoms with E-state index in [0.717, 1.165) is 10.4 Å². The summed E-state index contributed by atoms with van der Waals surface area (Å²) in [6.07, 6.45) is 0.327. The van der Waals surface area contributed by atoms with Gasteiger partial charge in [-0.3, -0.25) is 14.5 Å². The molecule has 1 aromatic heterocycles. The molecule has 1 aliphatic heterocycles. The van der Waals surface area contributed by atoms with Crippen molar-refractivity contribution in [3.63, 3.8) is 0 Å². The van der Waals surface area contributed by atoms with Crippen LogP contribution < -0.4 is 10.2 Å². The lowest BCUT2D eigenvalue weighted by atomic mass is 10.1. The lowest BCUT2D eigenvalue weighted by molar-refractivity contribution is -0.116. The van der Waals surface area contributed by atoms with E-state index in [2.05, 4.69) is 5.32 Å². The first-order valence-corrected chi connectivity index (χ1v) is 10.6. The molecule has 142 valence electrons. The number of benzene rings is 2. The largest absolute Gasteiger partial charge is 0.326 e. The summed E-state index contributed by atoms with van der Waals surface area (Å²) in [6.45, 7) is 0. The molecule has 2 amide bonds. The second-order valence-corrected chi connectivity index (χ2v) is 8.44. The van der Waals surface area contributed by atoms with Crippen LogP contribution in [0.1, 0.15) is 15.8 Å². The summed E-state index contributed by atoms with van der Waals surface area (Å²) in [5.74, 6) is -0.198. The van der Waals surface area contributed by atoms with E-state index in [9.17, 15) is 14.0 Å². The molecule has 3 aromatic rings. The van der Waals surface area contributed by atoms with Gasteiger partial charge in [-0.1, -0.05) is 24.3 Å². The Morgan fingerprint density at radius 1 is 1.14 bits per heavy atom. The molecular formula is C21H17FN2O2S2. The van der Waals surface area contributed by atoms with Gasteiger partial charge in [0.25, 0.3) is 0 Å². The summed E-state index contributed by atoms with van der Waals surface area (Å²) in [6, 6.07) is 17.4. The zero-order valence-electron chi connectivity index (χ0n) is 14.8. The molecule has 0 spiro atoms. The Morgan fingerprint density at radius 3 is 2.79 bits per heavy atom. The van der Waals surface area contributed by atoms with Crippen molar-refractivity contribution >= 4 is 46.3 Å². The summed E-state index contributed by atoms with van der Waals surface area (Å²) >= 11 is 3.03. The summed E-state index contributed by atoms with van der Waals surface area (Å²) in [4.78, 5) is 27.3. The Kier molecular flexibility index (Phi) is 5.45. The number of hydrogen-bond acceptors (Lipinski definition) is 4. The first-order valence-electron chi connectivity index (χ1n) is 8.71. The van der Waals surface area contributed by atoms with Crippen LogP contribution in [0.5, 0.6) is 0 Å². The molecule has 0 aliphatic carbocycles. The standard InChI is InChI=1S/C21H17FN2O2S2/c22-15-5-2-7-17(11-15)24-20(26)13-28-21(24)14-4-1-6-16(10-14)23-19(25)12-18-8-3-9-27-18/h1-11,21H,12-13H2,(H,23,25). The lowest BCUT2D eigenvalue weighted by Crippen LogP contribution is -2.28. The van der Waals surface area contributed by atoms with E-state index in [4.69, 9.17) is 0 Å². The minimum Gasteiger partial charge on any atom is -0.326 e. The van der Waals surface area contributed by atoms with Crippen molar-refractivity contribution in [2.24, 2.45) is 0 Å². The molecule has 28 heavy (non-hydrogen) atoms. The van der Waals surface area contributed by atoms with Crippen LogP contribution in [0.25, 0.3) is 0 Å². The number of rotatable bonds is 5. The van der Waals surface area contributed by atoms with Crippen molar-refractivity contribution in [3.05, 3.63) is 82.3 Å². The summed E-state index contributed by atoms with van der Waals surface area (Å²) in [5.41, 5.74) is 2.10. The first-order chi connectivity index (χ1) is 13.6. The van der Waals surface area contributed by atoms with E-state index < -0.39 is 0 Å². The van der Waals surface area contributed by atoms with Crippen molar-refractivity contribution in [1.29, 1.82) is 0 Å². The zero-order valence-corrected chi connectivity index (χ0v) is 16.4. The molecule has 2 heterocycles. The van der Waals surface area contributed by atoms with Crippen molar-refractivity contribution in [2.45, 2.75) is 11.8 Å². The van der Waals surface area contributed by atoms with Crippen LogP contribution in [-0.2, 0) is 16.0 Å². The van der Waals surface area contributed by atoms with Crippen molar-refractivity contribution in [1.82, 2.24) is 0 Å². The predicted molar refractivity (Wildman–Crippen MR) is 112 cm³/mol. The number of carbonyl (C=O) groups is 2. The molecule has 1 fully saturated rings.